The molecule has 0 aliphatic carbocycles. The minimum Gasteiger partial charge on any atom is -0.478 e. The molecule has 5 aromatic heterocycles. The highest BCUT2D eigenvalue weighted by atomic mass is 35.7. The summed E-state index contributed by atoms with van der Waals surface area (Å²) in [5.74, 6) is -0.737. The van der Waals surface area contributed by atoms with Crippen LogP contribution in [-0.4, -0.2) is 70.3 Å². The number of aromatic carboxylic acids is 2. The molecule has 0 radical (unpaired) electrons. The van der Waals surface area contributed by atoms with Crippen LogP contribution in [0.2, 0.25) is 0 Å². The number of carboxylic acid groups (broad SMARTS) is 2. The van der Waals surface area contributed by atoms with E-state index in [4.69, 9.17) is 42.0 Å². The van der Waals surface area contributed by atoms with Crippen molar-refractivity contribution < 1.29 is 91.1 Å². The van der Waals surface area contributed by atoms with Crippen LogP contribution in [0, 0.1) is 20.5 Å². The van der Waals surface area contributed by atoms with Gasteiger partial charge < -0.3 is 14.9 Å². The second-order valence-electron chi connectivity index (χ2n) is 11.4. The zero-order valence-corrected chi connectivity index (χ0v) is 27.8. The number of carboxylic acids is 2. The molecular formula is C30H28Cl2N6O13. The number of hydrogen-bond donors (Lipinski definition) is 2. The van der Waals surface area contributed by atoms with Crippen LogP contribution in [0.1, 0.15) is 33.6 Å². The van der Waals surface area contributed by atoms with E-state index in [1.54, 1.807) is 0 Å². The molecule has 2 N–H and O–H groups in total. The fourth-order valence-electron chi connectivity index (χ4n) is 6.73. The van der Waals surface area contributed by atoms with Crippen LogP contribution in [-0.2, 0) is 4.74 Å². The Hall–Kier alpha value is -4.64. The van der Waals surface area contributed by atoms with Gasteiger partial charge in [0.2, 0.25) is 0 Å². The predicted molar refractivity (Wildman–Crippen MR) is 151 cm³/mol. The summed E-state index contributed by atoms with van der Waals surface area (Å²) in [6, 6.07) is 15.2. The average Bonchev–Trinajstić information content (AvgIpc) is 3.78. The third kappa shape index (κ3) is 7.26. The highest BCUT2D eigenvalue weighted by Crippen LogP contribution is 2.36. The molecule has 19 nitrogen and oxygen atoms in total. The second-order valence-corrected chi connectivity index (χ2v) is 12.9. The van der Waals surface area contributed by atoms with Gasteiger partial charge in [0.1, 0.15) is 11.0 Å². The zero-order chi connectivity index (χ0) is 36.8. The summed E-state index contributed by atoms with van der Waals surface area (Å²) in [6.07, 6.45) is 6.20. The second kappa shape index (κ2) is 13.8. The van der Waals surface area contributed by atoms with Crippen molar-refractivity contribution in [1.82, 2.24) is 8.80 Å². The Kier molecular flexibility index (Phi) is 9.80. The number of nitrogens with zero attached hydrogens (tertiary/aromatic N) is 6. The summed E-state index contributed by atoms with van der Waals surface area (Å²) < 4.78 is 82.2. The summed E-state index contributed by atoms with van der Waals surface area (Å²) in [5, 5.41) is 20.3. The summed E-state index contributed by atoms with van der Waals surface area (Å²) in [4.78, 5) is 29.4. The molecule has 6 aromatic rings. The third-order valence-corrected chi connectivity index (χ3v) is 8.45. The van der Waals surface area contributed by atoms with Gasteiger partial charge in [-0.05, 0) is 49.2 Å². The maximum absolute atomic E-state index is 12.4. The first-order valence-corrected chi connectivity index (χ1v) is 17.6. The molecule has 2 fully saturated rings. The number of carbonyl (C=O) groups is 2. The van der Waals surface area contributed by atoms with E-state index in [0.717, 1.165) is 59.9 Å². The maximum atomic E-state index is 12.4. The number of rotatable bonds is 4. The largest absolute Gasteiger partial charge is 0.478 e. The molecular weight excluding hydrogens is 723 g/mol. The van der Waals surface area contributed by atoms with E-state index in [0.29, 0.717) is 37.3 Å². The average molecular weight is 751 g/mol. The number of anilines is 2. The van der Waals surface area contributed by atoms with Crippen LogP contribution in [0.3, 0.4) is 0 Å². The smallest absolute Gasteiger partial charge is 0.370 e. The number of ether oxygens (including phenoxy) is 1. The van der Waals surface area contributed by atoms with Gasteiger partial charge in [-0.3, -0.25) is 9.80 Å². The lowest BCUT2D eigenvalue weighted by atomic mass is 10.1. The Labute approximate surface area is 290 Å². The number of benzene rings is 1. The van der Waals surface area contributed by atoms with Crippen molar-refractivity contribution >= 4 is 56.9 Å². The molecule has 2 aliphatic rings. The Balaban J connectivity index is 0.000000398. The Morgan fingerprint density at radius 3 is 1.37 bits per heavy atom. The molecule has 0 spiro atoms. The van der Waals surface area contributed by atoms with Crippen LogP contribution in [0.15, 0.2) is 60.9 Å². The molecule has 21 heteroatoms. The Morgan fingerprint density at radius 2 is 1.00 bits per heavy atom. The van der Waals surface area contributed by atoms with Crippen molar-refractivity contribution in [2.75, 3.05) is 49.2 Å². The number of aromatic nitrogens is 4. The van der Waals surface area contributed by atoms with Crippen molar-refractivity contribution in [3.05, 3.63) is 72.1 Å². The van der Waals surface area contributed by atoms with Gasteiger partial charge in [0.15, 0.2) is 22.1 Å². The van der Waals surface area contributed by atoms with Gasteiger partial charge in [-0.1, -0.05) is 12.1 Å². The van der Waals surface area contributed by atoms with Gasteiger partial charge in [-0.2, -0.15) is 8.80 Å². The van der Waals surface area contributed by atoms with Crippen molar-refractivity contribution in [3.8, 4) is 0 Å². The lowest BCUT2D eigenvalue weighted by Gasteiger charge is -2.22. The first-order chi connectivity index (χ1) is 24.0. The standard InChI is InChI=1S/C30H26N6O5.2ClHO4/c37-27(38)19-17-23-24(18-20(19)28(39)40)36-26(22-8-2-4-12-34(22)30(36)32-13-15-41-16-14-32)25-21-7-1-3-11-33(21)29(35(23)25)31-9-5-6-10-31;2*2-1(3,4)5/h1-4,7-8,11-12,17-18H,5-6,9-10,13-16H2;2*(H,2,3,4,5). The fraction of sp³-hybridized carbons (Fsp3) is 0.267. The Morgan fingerprint density at radius 1 is 0.627 bits per heavy atom. The summed E-state index contributed by atoms with van der Waals surface area (Å²) >= 11 is 0. The van der Waals surface area contributed by atoms with E-state index < -0.39 is 32.4 Å². The first kappa shape index (κ1) is 36.2. The highest BCUT2D eigenvalue weighted by Gasteiger charge is 2.38. The van der Waals surface area contributed by atoms with Gasteiger partial charge in [-0.25, -0.2) is 55.7 Å². The van der Waals surface area contributed by atoms with Crippen molar-refractivity contribution in [3.63, 3.8) is 0 Å². The van der Waals surface area contributed by atoms with Crippen molar-refractivity contribution in [1.29, 1.82) is 0 Å². The lowest BCUT2D eigenvalue weighted by molar-refractivity contribution is -2.00. The van der Waals surface area contributed by atoms with Crippen molar-refractivity contribution in [2.24, 2.45) is 0 Å². The zero-order valence-electron chi connectivity index (χ0n) is 26.3. The van der Waals surface area contributed by atoms with Crippen LogP contribution in [0.25, 0.3) is 33.1 Å². The molecule has 0 unspecified atom stereocenters. The number of halogens is 2. The minimum atomic E-state index is -4.94. The third-order valence-electron chi connectivity index (χ3n) is 8.45. The molecule has 2 saturated heterocycles. The SMILES string of the molecule is O=C(O)c1cc2c(cc1C(=O)O)n1c(N3CCOCC3)[n+]3ccccc3c1c1c3cccc[n+]3c(N3CCCC3)n21.[O-][Cl+3]([O-])([O-])[O-].[O-][Cl+3]([O-])([O-])[O-]. The van der Waals surface area contributed by atoms with Gasteiger partial charge in [0.05, 0.1) is 62.9 Å². The number of morpholine rings is 1. The Bertz CT molecular complexity index is 2260. The van der Waals surface area contributed by atoms with E-state index in [1.807, 2.05) is 36.7 Å². The molecule has 8 rings (SSSR count). The minimum absolute atomic E-state index is 0.238. The van der Waals surface area contributed by atoms with Crippen LogP contribution in [0.5, 0.6) is 0 Å². The maximum Gasteiger partial charge on any atom is 0.370 e. The van der Waals surface area contributed by atoms with Gasteiger partial charge in [0, 0.05) is 0 Å². The molecule has 0 bridgehead atoms. The van der Waals surface area contributed by atoms with Gasteiger partial charge in [0.25, 0.3) is 0 Å². The number of imidazole rings is 2. The number of fused-ring (bicyclic) bond motifs is 10. The van der Waals surface area contributed by atoms with Crippen LogP contribution in [0.4, 0.5) is 11.9 Å². The monoisotopic (exact) mass is 750 g/mol. The van der Waals surface area contributed by atoms with E-state index >= 15 is 0 Å². The van der Waals surface area contributed by atoms with E-state index in [9.17, 15) is 19.8 Å². The fourth-order valence-corrected chi connectivity index (χ4v) is 6.73. The van der Waals surface area contributed by atoms with Crippen LogP contribution >= 0.6 is 0 Å². The van der Waals surface area contributed by atoms with Gasteiger partial charge in [-0.15, -0.1) is 20.5 Å². The molecule has 7 heterocycles. The summed E-state index contributed by atoms with van der Waals surface area (Å²) in [7, 11) is -9.89. The molecule has 0 amide bonds. The molecule has 2 aliphatic heterocycles. The van der Waals surface area contributed by atoms with Crippen molar-refractivity contribution in [2.45, 2.75) is 12.8 Å². The molecule has 0 atom stereocenters. The van der Waals surface area contributed by atoms with Gasteiger partial charge >= 0.3 is 23.8 Å². The molecule has 270 valence electrons. The topological polar surface area (TPSA) is 292 Å². The predicted octanol–water partition coefficient (Wildman–Crippen LogP) is -6.86. The van der Waals surface area contributed by atoms with E-state index in [-0.39, 0.29) is 11.1 Å². The van der Waals surface area contributed by atoms with Crippen LogP contribution < -0.4 is 55.9 Å². The lowest BCUT2D eigenvalue weighted by Crippen LogP contribution is -2.68. The summed E-state index contributed by atoms with van der Waals surface area (Å²) in [5.41, 5.74) is 4.59. The normalized spacial score (nSPS) is 15.4. The molecule has 51 heavy (non-hydrogen) atoms. The molecule has 1 aromatic carbocycles. The quantitative estimate of drug-likeness (QED) is 0.158. The van der Waals surface area contributed by atoms with E-state index in [1.165, 1.54) is 12.1 Å². The summed E-state index contributed by atoms with van der Waals surface area (Å²) in [6.45, 7) is 4.26. The number of hydrogen-bond acceptors (Lipinski definition) is 13. The molecule has 0 saturated carbocycles. The number of pyridine rings is 2. The first-order valence-electron chi connectivity index (χ1n) is 15.1. The van der Waals surface area contributed by atoms with E-state index in [2.05, 4.69) is 39.5 Å². The highest BCUT2D eigenvalue weighted by molar-refractivity contribution is 6.09.